The molecule has 1 rings (SSSR count). The maximum Gasteiger partial charge on any atom is 0.334 e. The molecule has 0 bridgehead atoms. The smallest absolute Gasteiger partial charge is 0.334 e. The number of aryl methyl sites for hydroxylation is 1. The maximum absolute atomic E-state index is 5.43. The summed E-state index contributed by atoms with van der Waals surface area (Å²) in [6.07, 6.45) is 5.84. The molecule has 15 heavy (non-hydrogen) atoms. The van der Waals surface area contributed by atoms with Gasteiger partial charge in [0.15, 0.2) is 0 Å². The molecule has 0 amide bonds. The van der Waals surface area contributed by atoms with Gasteiger partial charge in [-0.05, 0) is 43.1 Å². The summed E-state index contributed by atoms with van der Waals surface area (Å²) in [6, 6.07) is 5.14. The Morgan fingerprint density at radius 1 is 1.20 bits per heavy atom. The molecule has 0 saturated carbocycles. The van der Waals surface area contributed by atoms with Gasteiger partial charge in [-0.3, -0.25) is 4.98 Å². The van der Waals surface area contributed by atoms with Gasteiger partial charge in [-0.25, -0.2) is 0 Å². The second-order valence-electron chi connectivity index (χ2n) is 3.75. The summed E-state index contributed by atoms with van der Waals surface area (Å²) in [5, 5.41) is 0. The van der Waals surface area contributed by atoms with E-state index in [1.165, 1.54) is 5.56 Å². The van der Waals surface area contributed by atoms with Crippen molar-refractivity contribution in [2.24, 2.45) is 0 Å². The Bertz CT molecular complexity index is 275. The van der Waals surface area contributed by atoms with E-state index in [1.54, 1.807) is 14.2 Å². The lowest BCUT2D eigenvalue weighted by molar-refractivity contribution is 0.248. The Morgan fingerprint density at radius 3 is 2.33 bits per heavy atom. The number of hydrogen-bond acceptors (Lipinski definition) is 3. The van der Waals surface area contributed by atoms with Crippen molar-refractivity contribution in [1.29, 1.82) is 0 Å². The van der Waals surface area contributed by atoms with Crippen LogP contribution >= 0.6 is 0 Å². The van der Waals surface area contributed by atoms with Crippen LogP contribution in [0.4, 0.5) is 0 Å². The molecule has 0 unspecified atom stereocenters. The average Bonchev–Trinajstić information content (AvgIpc) is 2.30. The summed E-state index contributed by atoms with van der Waals surface area (Å²) in [5.41, 5.74) is 1.33. The SMILES string of the molecule is CO[Si](C)(CCCc1ccncc1)OC. The summed E-state index contributed by atoms with van der Waals surface area (Å²) in [6.45, 7) is 2.10. The minimum absolute atomic E-state index is 1.03. The van der Waals surface area contributed by atoms with Crippen molar-refractivity contribution in [1.82, 2.24) is 4.98 Å². The van der Waals surface area contributed by atoms with Crippen molar-refractivity contribution in [2.75, 3.05) is 14.2 Å². The highest BCUT2D eigenvalue weighted by Crippen LogP contribution is 2.15. The Kier molecular flexibility index (Phi) is 4.94. The highest BCUT2D eigenvalue weighted by atomic mass is 28.4. The zero-order chi connectivity index (χ0) is 11.1. The molecule has 0 spiro atoms. The monoisotopic (exact) mass is 225 g/mol. The highest BCUT2D eigenvalue weighted by Gasteiger charge is 2.27. The van der Waals surface area contributed by atoms with Crippen LogP contribution in [0.25, 0.3) is 0 Å². The zero-order valence-electron chi connectivity index (χ0n) is 9.69. The van der Waals surface area contributed by atoms with Crippen LogP contribution in [0.1, 0.15) is 12.0 Å². The summed E-state index contributed by atoms with van der Waals surface area (Å²) in [7, 11) is 1.61. The minimum Gasteiger partial charge on any atom is -0.398 e. The van der Waals surface area contributed by atoms with Gasteiger partial charge in [-0.1, -0.05) is 0 Å². The molecule has 0 aromatic carbocycles. The molecule has 0 N–H and O–H groups in total. The third kappa shape index (κ3) is 4.11. The van der Waals surface area contributed by atoms with Crippen LogP contribution in [0.5, 0.6) is 0 Å². The Morgan fingerprint density at radius 2 is 1.80 bits per heavy atom. The van der Waals surface area contributed by atoms with Crippen LogP contribution in [-0.2, 0) is 15.3 Å². The van der Waals surface area contributed by atoms with E-state index >= 15 is 0 Å². The number of pyridine rings is 1. The predicted octanol–water partition coefficient (Wildman–Crippen LogP) is 2.38. The molecule has 1 aromatic rings. The Labute approximate surface area is 92.7 Å². The third-order valence-electron chi connectivity index (χ3n) is 2.71. The summed E-state index contributed by atoms with van der Waals surface area (Å²) < 4.78 is 10.9. The molecule has 0 aliphatic rings. The Hall–Kier alpha value is -0.713. The van der Waals surface area contributed by atoms with Gasteiger partial charge in [-0.15, -0.1) is 0 Å². The van der Waals surface area contributed by atoms with E-state index in [0.29, 0.717) is 0 Å². The second-order valence-corrected chi connectivity index (χ2v) is 7.34. The van der Waals surface area contributed by atoms with E-state index in [9.17, 15) is 0 Å². The lowest BCUT2D eigenvalue weighted by Gasteiger charge is -2.22. The van der Waals surface area contributed by atoms with Crippen LogP contribution in [0, 0.1) is 0 Å². The maximum atomic E-state index is 5.43. The predicted molar refractivity (Wildman–Crippen MR) is 63.0 cm³/mol. The summed E-state index contributed by atoms with van der Waals surface area (Å²) >= 11 is 0. The van der Waals surface area contributed by atoms with Gasteiger partial charge in [0.05, 0.1) is 0 Å². The van der Waals surface area contributed by atoms with Crippen LogP contribution in [0.2, 0.25) is 12.6 Å². The largest absolute Gasteiger partial charge is 0.398 e. The highest BCUT2D eigenvalue weighted by molar-refractivity contribution is 6.65. The standard InChI is InChI=1S/C11H19NO2Si/c1-13-15(3,14-2)10-4-5-11-6-8-12-9-7-11/h6-9H,4-5,10H2,1-3H3. The first-order valence-electron chi connectivity index (χ1n) is 5.19. The molecule has 0 saturated heterocycles. The van der Waals surface area contributed by atoms with E-state index in [4.69, 9.17) is 8.85 Å². The quantitative estimate of drug-likeness (QED) is 0.697. The van der Waals surface area contributed by atoms with E-state index in [0.717, 1.165) is 18.9 Å². The fourth-order valence-corrected chi connectivity index (χ4v) is 2.84. The van der Waals surface area contributed by atoms with Gasteiger partial charge in [0.25, 0.3) is 0 Å². The molecule has 3 nitrogen and oxygen atoms in total. The topological polar surface area (TPSA) is 31.4 Å². The fourth-order valence-electron chi connectivity index (χ4n) is 1.45. The van der Waals surface area contributed by atoms with E-state index in [1.807, 2.05) is 12.4 Å². The summed E-state index contributed by atoms with van der Waals surface area (Å²) in [4.78, 5) is 3.99. The van der Waals surface area contributed by atoms with Gasteiger partial charge >= 0.3 is 8.56 Å². The van der Waals surface area contributed by atoms with E-state index in [-0.39, 0.29) is 0 Å². The molecule has 0 fully saturated rings. The molecular weight excluding hydrogens is 206 g/mol. The number of hydrogen-bond donors (Lipinski definition) is 0. The van der Waals surface area contributed by atoms with Crippen LogP contribution in [-0.4, -0.2) is 27.8 Å². The van der Waals surface area contributed by atoms with Crippen molar-refractivity contribution in [3.05, 3.63) is 30.1 Å². The average molecular weight is 225 g/mol. The van der Waals surface area contributed by atoms with Gasteiger partial charge in [0, 0.05) is 26.6 Å². The minimum atomic E-state index is -1.87. The molecule has 1 aromatic heterocycles. The van der Waals surface area contributed by atoms with Crippen molar-refractivity contribution in [3.8, 4) is 0 Å². The van der Waals surface area contributed by atoms with Gasteiger partial charge in [0.2, 0.25) is 0 Å². The van der Waals surface area contributed by atoms with E-state index < -0.39 is 8.56 Å². The lowest BCUT2D eigenvalue weighted by atomic mass is 10.2. The van der Waals surface area contributed by atoms with Crippen molar-refractivity contribution in [3.63, 3.8) is 0 Å². The normalized spacial score (nSPS) is 11.7. The lowest BCUT2D eigenvalue weighted by Crippen LogP contribution is -2.35. The second kappa shape index (κ2) is 6.00. The Balaban J connectivity index is 2.33. The van der Waals surface area contributed by atoms with Crippen LogP contribution in [0.3, 0.4) is 0 Å². The number of nitrogens with zero attached hydrogens (tertiary/aromatic N) is 1. The molecule has 4 heteroatoms. The fraction of sp³-hybridized carbons (Fsp3) is 0.545. The molecule has 0 aliphatic heterocycles. The number of rotatable bonds is 6. The van der Waals surface area contributed by atoms with Crippen LogP contribution in [0.15, 0.2) is 24.5 Å². The van der Waals surface area contributed by atoms with Gasteiger partial charge in [0.1, 0.15) is 0 Å². The first-order valence-corrected chi connectivity index (χ1v) is 7.72. The summed E-state index contributed by atoms with van der Waals surface area (Å²) in [5.74, 6) is 0. The van der Waals surface area contributed by atoms with Crippen molar-refractivity contribution < 1.29 is 8.85 Å². The molecule has 0 aliphatic carbocycles. The van der Waals surface area contributed by atoms with Gasteiger partial charge in [-0.2, -0.15) is 0 Å². The molecular formula is C11H19NO2Si. The first kappa shape index (κ1) is 12.4. The number of aromatic nitrogens is 1. The first-order chi connectivity index (χ1) is 7.20. The van der Waals surface area contributed by atoms with Crippen LogP contribution < -0.4 is 0 Å². The van der Waals surface area contributed by atoms with Crippen molar-refractivity contribution in [2.45, 2.75) is 25.4 Å². The molecule has 0 radical (unpaired) electrons. The molecule has 84 valence electrons. The molecule has 1 heterocycles. The van der Waals surface area contributed by atoms with Crippen molar-refractivity contribution >= 4 is 8.56 Å². The van der Waals surface area contributed by atoms with Gasteiger partial charge < -0.3 is 8.85 Å². The molecule has 0 atom stereocenters. The zero-order valence-corrected chi connectivity index (χ0v) is 10.7. The third-order valence-corrected chi connectivity index (χ3v) is 5.70. The van der Waals surface area contributed by atoms with E-state index in [2.05, 4.69) is 23.7 Å².